The molecular formula is C25H24N2O8. The van der Waals surface area contributed by atoms with Crippen LogP contribution in [-0.4, -0.2) is 68.5 Å². The fourth-order valence-corrected chi connectivity index (χ4v) is 5.94. The number of carbonyl (C=O) groups excluding carboxylic acids is 3. The number of nitrogens with zero attached hydrogens (tertiary/aromatic N) is 1. The number of hydrogen-bond donors (Lipinski definition) is 5. The number of rotatable bonds is 3. The van der Waals surface area contributed by atoms with Crippen molar-refractivity contribution in [2.24, 2.45) is 17.6 Å². The Morgan fingerprint density at radius 3 is 2.49 bits per heavy atom. The third-order valence-corrected chi connectivity index (χ3v) is 7.44. The van der Waals surface area contributed by atoms with Crippen molar-refractivity contribution >= 4 is 17.5 Å². The molecule has 0 aliphatic heterocycles. The number of ketones is 2. The summed E-state index contributed by atoms with van der Waals surface area (Å²) in [6.07, 6.45) is 3.24. The van der Waals surface area contributed by atoms with E-state index in [0.717, 1.165) is 0 Å². The lowest BCUT2D eigenvalue weighted by Crippen LogP contribution is -2.63. The van der Waals surface area contributed by atoms with Crippen molar-refractivity contribution in [3.05, 3.63) is 64.5 Å². The van der Waals surface area contributed by atoms with Gasteiger partial charge in [0.2, 0.25) is 5.78 Å². The lowest BCUT2D eigenvalue weighted by atomic mass is 9.58. The Hall–Kier alpha value is -3.89. The Balaban J connectivity index is 1.74. The Morgan fingerprint density at radius 1 is 1.17 bits per heavy atom. The van der Waals surface area contributed by atoms with Crippen LogP contribution in [0.2, 0.25) is 0 Å². The summed E-state index contributed by atoms with van der Waals surface area (Å²) in [6, 6.07) is 3.71. The molecule has 1 heterocycles. The minimum atomic E-state index is -2.65. The number of allylic oxidation sites excluding steroid dienone is 1. The fourth-order valence-electron chi connectivity index (χ4n) is 5.94. The van der Waals surface area contributed by atoms with Gasteiger partial charge in [0.25, 0.3) is 5.91 Å². The molecule has 6 N–H and O–H groups in total. The van der Waals surface area contributed by atoms with Crippen molar-refractivity contribution < 1.29 is 39.2 Å². The zero-order valence-corrected chi connectivity index (χ0v) is 19.0. The number of furan rings is 1. The summed E-state index contributed by atoms with van der Waals surface area (Å²) in [6.45, 7) is 0. The molecule has 0 saturated heterocycles. The van der Waals surface area contributed by atoms with E-state index in [2.05, 4.69) is 0 Å². The number of nitrogens with two attached hydrogens (primary N) is 1. The summed E-state index contributed by atoms with van der Waals surface area (Å²) in [5, 5.41) is 44.2. The average Bonchev–Trinajstić information content (AvgIpc) is 3.30. The molecule has 0 unspecified atom stereocenters. The first kappa shape index (κ1) is 22.9. The third kappa shape index (κ3) is 2.93. The highest BCUT2D eigenvalue weighted by Crippen LogP contribution is 2.53. The molecule has 4 atom stereocenters. The standard InChI is InChI=1S/C25H24N2O8/c1-27(2)19-14-8-11-7-13-12(10-5-6-35-9-10)3-4-15(28)17(13)20(29)16(11)22(31)25(14,34)23(32)18(21(19)30)24(26)33/h3-6,9,11,14,19,28,30-31,34H,7-8H2,1-2H3,(H2,26,33)/t11-,14-,19-,25-/m1/s1. The second-order valence-electron chi connectivity index (χ2n) is 9.46. The van der Waals surface area contributed by atoms with E-state index >= 15 is 0 Å². The Labute approximate surface area is 199 Å². The molecule has 0 radical (unpaired) electrons. The van der Waals surface area contributed by atoms with Crippen LogP contribution in [0.25, 0.3) is 11.1 Å². The topological polar surface area (TPSA) is 175 Å². The van der Waals surface area contributed by atoms with E-state index in [1.807, 2.05) is 0 Å². The Kier molecular flexibility index (Phi) is 4.94. The number of benzene rings is 1. The molecule has 0 bridgehead atoms. The second-order valence-corrected chi connectivity index (χ2v) is 9.46. The number of aromatic hydroxyl groups is 1. The lowest BCUT2D eigenvalue weighted by molar-refractivity contribution is -0.148. The molecule has 35 heavy (non-hydrogen) atoms. The van der Waals surface area contributed by atoms with Gasteiger partial charge in [0.05, 0.1) is 24.1 Å². The maximum atomic E-state index is 13.6. The first-order chi connectivity index (χ1) is 16.5. The summed E-state index contributed by atoms with van der Waals surface area (Å²) in [4.78, 5) is 40.4. The van der Waals surface area contributed by atoms with Crippen LogP contribution >= 0.6 is 0 Å². The summed E-state index contributed by atoms with van der Waals surface area (Å²) in [7, 11) is 3.17. The monoisotopic (exact) mass is 480 g/mol. The molecule has 0 saturated carbocycles. The largest absolute Gasteiger partial charge is 0.510 e. The van der Waals surface area contributed by atoms with Gasteiger partial charge in [-0.05, 0) is 56.1 Å². The number of Topliss-reactive ketones (excluding diaryl/α,β-unsaturated/α-hetero) is 2. The van der Waals surface area contributed by atoms with Gasteiger partial charge in [-0.25, -0.2) is 0 Å². The zero-order chi connectivity index (χ0) is 25.4. The van der Waals surface area contributed by atoms with Crippen LogP contribution in [0, 0.1) is 11.8 Å². The number of phenolic OH excluding ortho intramolecular Hbond substituents is 1. The van der Waals surface area contributed by atoms with Crippen LogP contribution in [0.4, 0.5) is 0 Å². The highest BCUT2D eigenvalue weighted by molar-refractivity contribution is 6.24. The van der Waals surface area contributed by atoms with Gasteiger partial charge in [-0.15, -0.1) is 0 Å². The van der Waals surface area contributed by atoms with E-state index in [9.17, 15) is 34.8 Å². The predicted octanol–water partition coefficient (Wildman–Crippen LogP) is 1.38. The second kappa shape index (κ2) is 7.56. The zero-order valence-electron chi connectivity index (χ0n) is 19.0. The SMILES string of the molecule is CN(C)[C@H]1C(O)=C(C(N)=O)C(=O)[C@]2(O)C(O)=C3C(=O)c4c(O)ccc(-c5ccoc5)c4C[C@@H]3C[C@H]12. The lowest BCUT2D eigenvalue weighted by Gasteiger charge is -2.50. The highest BCUT2D eigenvalue weighted by Gasteiger charge is 2.63. The number of hydrogen-bond acceptors (Lipinski definition) is 9. The Bertz CT molecular complexity index is 1350. The van der Waals surface area contributed by atoms with Gasteiger partial charge >= 0.3 is 0 Å². The minimum Gasteiger partial charge on any atom is -0.510 e. The van der Waals surface area contributed by atoms with Crippen molar-refractivity contribution in [3.8, 4) is 16.9 Å². The first-order valence-corrected chi connectivity index (χ1v) is 11.0. The molecule has 3 aliphatic carbocycles. The maximum absolute atomic E-state index is 13.6. The number of fused-ring (bicyclic) bond motifs is 3. The summed E-state index contributed by atoms with van der Waals surface area (Å²) in [5.74, 6) is -6.73. The maximum Gasteiger partial charge on any atom is 0.255 e. The number of aliphatic hydroxyl groups is 3. The average molecular weight is 480 g/mol. The predicted molar refractivity (Wildman–Crippen MR) is 121 cm³/mol. The smallest absolute Gasteiger partial charge is 0.255 e. The van der Waals surface area contributed by atoms with Gasteiger partial charge in [-0.2, -0.15) is 0 Å². The van der Waals surface area contributed by atoms with E-state index in [0.29, 0.717) is 16.7 Å². The van der Waals surface area contributed by atoms with Crippen LogP contribution in [0.1, 0.15) is 22.3 Å². The van der Waals surface area contributed by atoms with Crippen LogP contribution in [0.15, 0.2) is 57.8 Å². The summed E-state index contributed by atoms with van der Waals surface area (Å²) >= 11 is 0. The molecule has 3 aliphatic rings. The van der Waals surface area contributed by atoms with E-state index < -0.39 is 58.0 Å². The van der Waals surface area contributed by atoms with Crippen molar-refractivity contribution in [2.45, 2.75) is 24.5 Å². The molecule has 5 rings (SSSR count). The normalized spacial score (nSPS) is 28.2. The number of amides is 1. The molecule has 1 aromatic heterocycles. The van der Waals surface area contributed by atoms with Crippen LogP contribution in [0.3, 0.4) is 0 Å². The van der Waals surface area contributed by atoms with E-state index in [1.165, 1.54) is 23.5 Å². The number of aliphatic hydroxyl groups excluding tert-OH is 2. The van der Waals surface area contributed by atoms with Gasteiger partial charge in [0.1, 0.15) is 22.8 Å². The quantitative estimate of drug-likeness (QED) is 0.406. The highest BCUT2D eigenvalue weighted by atomic mass is 16.3. The molecule has 10 nitrogen and oxygen atoms in total. The van der Waals surface area contributed by atoms with E-state index in [4.69, 9.17) is 10.2 Å². The molecule has 0 spiro atoms. The molecule has 182 valence electrons. The molecule has 0 fully saturated rings. The number of phenols is 1. The van der Waals surface area contributed by atoms with Crippen LogP contribution < -0.4 is 5.73 Å². The minimum absolute atomic E-state index is 0.0340. The number of carbonyl (C=O) groups is 3. The van der Waals surface area contributed by atoms with E-state index in [-0.39, 0.29) is 29.7 Å². The summed E-state index contributed by atoms with van der Waals surface area (Å²) in [5.41, 5.74) is 3.53. The van der Waals surface area contributed by atoms with Gasteiger partial charge < -0.3 is 30.6 Å². The molecule has 1 amide bonds. The summed E-state index contributed by atoms with van der Waals surface area (Å²) < 4.78 is 5.17. The van der Waals surface area contributed by atoms with Gasteiger partial charge in [0, 0.05) is 17.1 Å². The van der Waals surface area contributed by atoms with Crippen molar-refractivity contribution in [1.29, 1.82) is 0 Å². The molecule has 10 heteroatoms. The third-order valence-electron chi connectivity index (χ3n) is 7.44. The van der Waals surface area contributed by atoms with Gasteiger partial charge in [-0.1, -0.05) is 6.07 Å². The molecule has 1 aromatic carbocycles. The van der Waals surface area contributed by atoms with Crippen molar-refractivity contribution in [1.82, 2.24) is 4.90 Å². The molecule has 2 aromatic rings. The first-order valence-electron chi connectivity index (χ1n) is 11.0. The van der Waals surface area contributed by atoms with Gasteiger partial charge in [0.15, 0.2) is 11.4 Å². The Morgan fingerprint density at radius 2 is 1.89 bits per heavy atom. The van der Waals surface area contributed by atoms with Crippen molar-refractivity contribution in [2.75, 3.05) is 14.1 Å². The van der Waals surface area contributed by atoms with E-state index in [1.54, 1.807) is 26.2 Å². The molecular weight excluding hydrogens is 456 g/mol. The van der Waals surface area contributed by atoms with Crippen molar-refractivity contribution in [3.63, 3.8) is 0 Å². The fraction of sp³-hybridized carbons (Fsp3) is 0.320. The van der Waals surface area contributed by atoms with Gasteiger partial charge in [-0.3, -0.25) is 19.3 Å². The number of likely N-dealkylation sites (N-methyl/N-ethyl adjacent to an activating group) is 1. The van der Waals surface area contributed by atoms with Crippen LogP contribution in [-0.2, 0) is 16.0 Å². The van der Waals surface area contributed by atoms with Crippen LogP contribution in [0.5, 0.6) is 5.75 Å². The number of primary amides is 1.